The van der Waals surface area contributed by atoms with E-state index in [2.05, 4.69) is 5.10 Å². The number of hydrogen-bond acceptors (Lipinski definition) is 3. The van der Waals surface area contributed by atoms with Gasteiger partial charge in [0, 0.05) is 18.0 Å². The Morgan fingerprint density at radius 1 is 1.57 bits per heavy atom. The SMILES string of the molecule is CP(C)(=O)c1cnn(CCCN)c1.Cl. The van der Waals surface area contributed by atoms with Gasteiger partial charge < -0.3 is 10.3 Å². The molecule has 82 valence electrons. The Morgan fingerprint density at radius 2 is 2.21 bits per heavy atom. The van der Waals surface area contributed by atoms with Crippen LogP contribution in [0.5, 0.6) is 0 Å². The average Bonchev–Trinajstić information content (AvgIpc) is 2.47. The second-order valence-corrected chi connectivity index (χ2v) is 6.67. The summed E-state index contributed by atoms with van der Waals surface area (Å²) in [5, 5.41) is 4.95. The highest BCUT2D eigenvalue weighted by atomic mass is 35.5. The first-order chi connectivity index (χ1) is 6.04. The largest absolute Gasteiger partial charge is 0.330 e. The van der Waals surface area contributed by atoms with Crippen molar-refractivity contribution in [2.75, 3.05) is 19.9 Å². The molecule has 0 saturated heterocycles. The molecular formula is C8H17ClN3OP. The first kappa shape index (κ1) is 13.7. The van der Waals surface area contributed by atoms with Gasteiger partial charge in [-0.3, -0.25) is 4.68 Å². The van der Waals surface area contributed by atoms with E-state index in [-0.39, 0.29) is 12.4 Å². The Kier molecular flexibility index (Phi) is 5.42. The van der Waals surface area contributed by atoms with Crippen LogP contribution in [-0.2, 0) is 11.1 Å². The Labute approximate surface area is 90.6 Å². The monoisotopic (exact) mass is 237 g/mol. The van der Waals surface area contributed by atoms with Crippen molar-refractivity contribution in [1.82, 2.24) is 9.78 Å². The third kappa shape index (κ3) is 3.82. The van der Waals surface area contributed by atoms with Gasteiger partial charge in [0.1, 0.15) is 7.14 Å². The van der Waals surface area contributed by atoms with Crippen molar-refractivity contribution in [3.05, 3.63) is 12.4 Å². The van der Waals surface area contributed by atoms with Gasteiger partial charge >= 0.3 is 0 Å². The Bertz CT molecular complexity index is 320. The Balaban J connectivity index is 0.00000169. The molecule has 1 rings (SSSR count). The summed E-state index contributed by atoms with van der Waals surface area (Å²) in [5.41, 5.74) is 5.37. The van der Waals surface area contributed by atoms with Crippen molar-refractivity contribution in [3.8, 4) is 0 Å². The van der Waals surface area contributed by atoms with Gasteiger partial charge in [-0.05, 0) is 26.3 Å². The molecule has 2 N–H and O–H groups in total. The van der Waals surface area contributed by atoms with Crippen LogP contribution in [0.1, 0.15) is 6.42 Å². The molecule has 0 aliphatic carbocycles. The quantitative estimate of drug-likeness (QED) is 0.792. The number of aromatic nitrogens is 2. The van der Waals surface area contributed by atoms with Gasteiger partial charge in [0.15, 0.2) is 0 Å². The summed E-state index contributed by atoms with van der Waals surface area (Å²) in [6.07, 6.45) is 4.42. The minimum absolute atomic E-state index is 0. The predicted molar refractivity (Wildman–Crippen MR) is 62.2 cm³/mol. The van der Waals surface area contributed by atoms with Crippen LogP contribution in [0.3, 0.4) is 0 Å². The maximum absolute atomic E-state index is 11.6. The van der Waals surface area contributed by atoms with Crippen LogP contribution in [0, 0.1) is 0 Å². The molecule has 0 spiro atoms. The molecule has 0 bridgehead atoms. The predicted octanol–water partition coefficient (Wildman–Crippen LogP) is 0.902. The molecule has 0 aliphatic heterocycles. The van der Waals surface area contributed by atoms with E-state index in [0.717, 1.165) is 18.3 Å². The molecule has 0 aliphatic rings. The smallest absolute Gasteiger partial charge is 0.112 e. The molecule has 0 fully saturated rings. The van der Waals surface area contributed by atoms with Crippen LogP contribution in [0.4, 0.5) is 0 Å². The van der Waals surface area contributed by atoms with Gasteiger partial charge in [-0.15, -0.1) is 12.4 Å². The van der Waals surface area contributed by atoms with Gasteiger partial charge in [0.25, 0.3) is 0 Å². The van der Waals surface area contributed by atoms with Crippen molar-refractivity contribution in [2.24, 2.45) is 5.73 Å². The van der Waals surface area contributed by atoms with E-state index in [9.17, 15) is 4.57 Å². The highest BCUT2D eigenvalue weighted by Gasteiger charge is 2.12. The normalized spacial score (nSPS) is 11.1. The summed E-state index contributed by atoms with van der Waals surface area (Å²) < 4.78 is 13.4. The lowest BCUT2D eigenvalue weighted by Gasteiger charge is -2.01. The summed E-state index contributed by atoms with van der Waals surface area (Å²) in [6.45, 7) is 4.95. The fourth-order valence-electron chi connectivity index (χ4n) is 1.01. The third-order valence-electron chi connectivity index (χ3n) is 1.83. The summed E-state index contributed by atoms with van der Waals surface area (Å²) in [5.74, 6) is 0. The topological polar surface area (TPSA) is 60.9 Å². The number of nitrogens with two attached hydrogens (primary N) is 1. The molecule has 1 aromatic heterocycles. The third-order valence-corrected chi connectivity index (χ3v) is 3.31. The summed E-state index contributed by atoms with van der Waals surface area (Å²) in [7, 11) is -2.14. The maximum atomic E-state index is 11.6. The van der Waals surface area contributed by atoms with Crippen LogP contribution in [0.2, 0.25) is 0 Å². The van der Waals surface area contributed by atoms with E-state index in [1.165, 1.54) is 0 Å². The molecule has 0 radical (unpaired) electrons. The van der Waals surface area contributed by atoms with Gasteiger partial charge in [0.05, 0.1) is 6.20 Å². The molecule has 14 heavy (non-hydrogen) atoms. The lowest BCUT2D eigenvalue weighted by molar-refractivity contribution is 0.583. The zero-order chi connectivity index (χ0) is 9.90. The van der Waals surface area contributed by atoms with Crippen LogP contribution in [0.15, 0.2) is 12.4 Å². The van der Waals surface area contributed by atoms with Crippen molar-refractivity contribution in [2.45, 2.75) is 13.0 Å². The minimum Gasteiger partial charge on any atom is -0.330 e. The van der Waals surface area contributed by atoms with E-state index in [4.69, 9.17) is 5.73 Å². The number of nitrogens with zero attached hydrogens (tertiary/aromatic N) is 2. The molecule has 1 heterocycles. The lowest BCUT2D eigenvalue weighted by Crippen LogP contribution is -2.06. The number of rotatable bonds is 4. The zero-order valence-corrected chi connectivity index (χ0v) is 10.2. The summed E-state index contributed by atoms with van der Waals surface area (Å²) in [6, 6.07) is 0. The van der Waals surface area contributed by atoms with Gasteiger partial charge in [-0.2, -0.15) is 5.10 Å². The van der Waals surface area contributed by atoms with Gasteiger partial charge in [0.2, 0.25) is 0 Å². The molecule has 0 amide bonds. The average molecular weight is 238 g/mol. The molecule has 0 unspecified atom stereocenters. The van der Waals surface area contributed by atoms with Gasteiger partial charge in [-0.25, -0.2) is 0 Å². The Hall–Kier alpha value is -0.310. The van der Waals surface area contributed by atoms with E-state index in [1.54, 1.807) is 24.2 Å². The summed E-state index contributed by atoms with van der Waals surface area (Å²) in [4.78, 5) is 0. The zero-order valence-electron chi connectivity index (χ0n) is 8.51. The second-order valence-electron chi connectivity index (χ2n) is 3.45. The highest BCUT2D eigenvalue weighted by Crippen LogP contribution is 2.33. The van der Waals surface area contributed by atoms with Crippen LogP contribution >= 0.6 is 19.5 Å². The maximum Gasteiger partial charge on any atom is 0.112 e. The van der Waals surface area contributed by atoms with E-state index in [1.807, 2.05) is 6.20 Å². The van der Waals surface area contributed by atoms with Gasteiger partial charge in [-0.1, -0.05) is 0 Å². The van der Waals surface area contributed by atoms with E-state index in [0.29, 0.717) is 6.54 Å². The van der Waals surface area contributed by atoms with E-state index >= 15 is 0 Å². The lowest BCUT2D eigenvalue weighted by atomic mass is 10.4. The minimum atomic E-state index is -2.14. The fraction of sp³-hybridized carbons (Fsp3) is 0.625. The standard InChI is InChI=1S/C8H16N3OP.ClH/c1-13(2,12)8-6-10-11(7-8)5-3-4-9;/h6-7H,3-5,9H2,1-2H3;1H. The first-order valence-corrected chi connectivity index (χ1v) is 6.92. The molecule has 4 nitrogen and oxygen atoms in total. The van der Waals surface area contributed by atoms with Crippen molar-refractivity contribution in [1.29, 1.82) is 0 Å². The van der Waals surface area contributed by atoms with E-state index < -0.39 is 7.14 Å². The molecule has 0 atom stereocenters. The molecule has 0 saturated carbocycles. The van der Waals surface area contributed by atoms with Crippen molar-refractivity contribution < 1.29 is 4.57 Å². The van der Waals surface area contributed by atoms with Crippen LogP contribution in [0.25, 0.3) is 0 Å². The molecular weight excluding hydrogens is 221 g/mol. The highest BCUT2D eigenvalue weighted by molar-refractivity contribution is 7.70. The molecule has 1 aromatic rings. The number of halogens is 1. The molecule has 0 aromatic carbocycles. The van der Waals surface area contributed by atoms with Crippen molar-refractivity contribution in [3.63, 3.8) is 0 Å². The number of hydrogen-bond donors (Lipinski definition) is 1. The fourth-order valence-corrected chi connectivity index (χ4v) is 1.75. The second kappa shape index (κ2) is 5.54. The summed E-state index contributed by atoms with van der Waals surface area (Å²) >= 11 is 0. The number of aryl methyl sites for hydroxylation is 1. The first-order valence-electron chi connectivity index (χ1n) is 4.32. The van der Waals surface area contributed by atoms with Crippen LogP contribution < -0.4 is 11.0 Å². The van der Waals surface area contributed by atoms with Crippen molar-refractivity contribution >= 4 is 24.9 Å². The van der Waals surface area contributed by atoms with Crippen LogP contribution in [-0.4, -0.2) is 29.7 Å². The Morgan fingerprint density at radius 3 is 2.64 bits per heavy atom. The molecule has 6 heteroatoms.